The molecular formula is C43H50N2. The first-order valence-electron chi connectivity index (χ1n) is 15.1. The van der Waals surface area contributed by atoms with Gasteiger partial charge in [-0.15, -0.1) is 18.8 Å². The molecule has 2 rings (SSSR count). The topological polar surface area (TPSA) is 6.48 Å². The molecule has 0 atom stereocenters. The summed E-state index contributed by atoms with van der Waals surface area (Å²) < 4.78 is 0. The van der Waals surface area contributed by atoms with Crippen LogP contribution in [-0.2, 0) is 0 Å². The van der Waals surface area contributed by atoms with E-state index in [1.807, 2.05) is 32.1 Å². The van der Waals surface area contributed by atoms with Gasteiger partial charge in [0.15, 0.2) is 0 Å². The van der Waals surface area contributed by atoms with Crippen LogP contribution in [0.5, 0.6) is 0 Å². The maximum absolute atomic E-state index is 5.46. The highest BCUT2D eigenvalue weighted by atomic mass is 15.2. The first-order valence-corrected chi connectivity index (χ1v) is 15.1. The van der Waals surface area contributed by atoms with Gasteiger partial charge in [0, 0.05) is 41.3 Å². The van der Waals surface area contributed by atoms with Crippen LogP contribution < -0.4 is 9.80 Å². The van der Waals surface area contributed by atoms with Gasteiger partial charge in [0.25, 0.3) is 0 Å². The second-order valence-corrected chi connectivity index (χ2v) is 10.5. The van der Waals surface area contributed by atoms with Crippen LogP contribution in [0.25, 0.3) is 12.2 Å². The average Bonchev–Trinajstić information content (AvgIpc) is 3.03. The highest BCUT2D eigenvalue weighted by Crippen LogP contribution is 2.39. The fourth-order valence-electron chi connectivity index (χ4n) is 4.41. The van der Waals surface area contributed by atoms with Crippen LogP contribution in [0.15, 0.2) is 133 Å². The van der Waals surface area contributed by atoms with E-state index in [1.165, 1.54) is 11.1 Å². The normalized spacial score (nSPS) is 12.2. The number of anilines is 3. The van der Waals surface area contributed by atoms with Crippen molar-refractivity contribution in [2.45, 2.75) is 48.5 Å². The Labute approximate surface area is 274 Å². The molecule has 0 aliphatic rings. The molecule has 0 aromatic heterocycles. The van der Waals surface area contributed by atoms with Gasteiger partial charge in [-0.1, -0.05) is 109 Å². The molecule has 0 spiro atoms. The Bertz CT molecular complexity index is 1570. The van der Waals surface area contributed by atoms with E-state index in [0.717, 1.165) is 51.6 Å². The predicted octanol–water partition coefficient (Wildman–Crippen LogP) is 11.6. The minimum absolute atomic E-state index is 0.706. The third-order valence-electron chi connectivity index (χ3n) is 6.96. The third kappa shape index (κ3) is 12.1. The van der Waals surface area contributed by atoms with E-state index in [-0.39, 0.29) is 0 Å². The number of nitrogens with zero attached hydrogens (tertiary/aromatic N) is 2. The number of hydrogen-bond donors (Lipinski definition) is 0. The first-order chi connectivity index (χ1) is 21.6. The van der Waals surface area contributed by atoms with Crippen LogP contribution in [0.4, 0.5) is 17.1 Å². The van der Waals surface area contributed by atoms with Crippen LogP contribution in [0.3, 0.4) is 0 Å². The quantitative estimate of drug-likeness (QED) is 0.159. The molecule has 0 saturated heterocycles. The Kier molecular flexibility index (Phi) is 17.4. The molecule has 2 nitrogen and oxygen atoms in total. The standard InChI is InChI=1S/C40H46N2.C3H4/c1-11-18-33(8)20-17-30-41(29-16-19-31(6)12-2)39-27-28-40(38(15-5)37(39)14-4)42(35(10)24-21-32(7)13-3)36-25-22-34(9)23-26-36;1-3-2/h1,12-28H,3-5,29-30H2,2,6-10H3;1H,2H3/b19-16-,20-17-,31-12-,32-21-,33-18-,35-24+;. The van der Waals surface area contributed by atoms with Crippen molar-refractivity contribution >= 4 is 29.2 Å². The van der Waals surface area contributed by atoms with Crippen LogP contribution in [0, 0.1) is 31.6 Å². The van der Waals surface area contributed by atoms with Crippen molar-refractivity contribution in [2.24, 2.45) is 0 Å². The average molecular weight is 595 g/mol. The molecule has 0 unspecified atom stereocenters. The Morgan fingerprint density at radius 1 is 0.778 bits per heavy atom. The zero-order valence-corrected chi connectivity index (χ0v) is 28.4. The van der Waals surface area contributed by atoms with E-state index in [1.54, 1.807) is 13.0 Å². The lowest BCUT2D eigenvalue weighted by atomic mass is 9.99. The summed E-state index contributed by atoms with van der Waals surface area (Å²) in [5, 5.41) is 0. The van der Waals surface area contributed by atoms with E-state index in [0.29, 0.717) is 6.54 Å². The lowest BCUT2D eigenvalue weighted by Crippen LogP contribution is -2.25. The third-order valence-corrected chi connectivity index (χ3v) is 6.96. The Hall–Kier alpha value is -5.18. The Morgan fingerprint density at radius 3 is 1.82 bits per heavy atom. The largest absolute Gasteiger partial charge is 0.364 e. The van der Waals surface area contributed by atoms with Gasteiger partial charge in [0.1, 0.15) is 0 Å². The number of terminal acetylenes is 2. The summed E-state index contributed by atoms with van der Waals surface area (Å²) >= 11 is 0. The predicted molar refractivity (Wildman–Crippen MR) is 205 cm³/mol. The smallest absolute Gasteiger partial charge is 0.0537 e. The van der Waals surface area contributed by atoms with Crippen LogP contribution >= 0.6 is 0 Å². The van der Waals surface area contributed by atoms with Gasteiger partial charge in [-0.3, -0.25) is 0 Å². The number of aryl methyl sites for hydroxylation is 1. The summed E-state index contributed by atoms with van der Waals surface area (Å²) in [5.74, 6) is 4.85. The van der Waals surface area contributed by atoms with Gasteiger partial charge in [0.05, 0.1) is 5.69 Å². The SMILES string of the molecule is C#C/C=C(C)\C=C/CN(C/C=C\C(C)=C/C)c1ccc(N(/C(C)=C/C=C(/C)C=C)c2ccc(C)cc2)c(C=C)c1C=C.C#CC. The van der Waals surface area contributed by atoms with E-state index in [2.05, 4.69) is 154 Å². The molecule has 0 heterocycles. The molecule has 0 saturated carbocycles. The summed E-state index contributed by atoms with van der Waals surface area (Å²) in [6, 6.07) is 13.0. The lowest BCUT2D eigenvalue weighted by Gasteiger charge is -2.31. The van der Waals surface area contributed by atoms with E-state index < -0.39 is 0 Å². The molecule has 0 fully saturated rings. The maximum atomic E-state index is 5.46. The monoisotopic (exact) mass is 594 g/mol. The molecule has 0 aliphatic heterocycles. The molecule has 232 valence electrons. The summed E-state index contributed by atoms with van der Waals surface area (Å²) in [4.78, 5) is 4.61. The van der Waals surface area contributed by atoms with Crippen molar-refractivity contribution < 1.29 is 0 Å². The van der Waals surface area contributed by atoms with Crippen LogP contribution in [-0.4, -0.2) is 13.1 Å². The molecule has 45 heavy (non-hydrogen) atoms. The van der Waals surface area contributed by atoms with Crippen LogP contribution in [0.1, 0.15) is 58.2 Å². The summed E-state index contributed by atoms with van der Waals surface area (Å²) in [6.07, 6.45) is 32.4. The van der Waals surface area contributed by atoms with E-state index in [4.69, 9.17) is 6.42 Å². The van der Waals surface area contributed by atoms with Crippen molar-refractivity contribution in [1.82, 2.24) is 0 Å². The minimum atomic E-state index is 0.706. The molecule has 2 heteroatoms. The van der Waals surface area contributed by atoms with Crippen molar-refractivity contribution in [3.05, 3.63) is 150 Å². The first kappa shape index (κ1) is 37.8. The van der Waals surface area contributed by atoms with Crippen molar-refractivity contribution in [3.63, 3.8) is 0 Å². The molecule has 0 radical (unpaired) electrons. The summed E-state index contributed by atoms with van der Waals surface area (Å²) in [7, 11) is 0. The molecule has 2 aromatic rings. The van der Waals surface area contributed by atoms with Gasteiger partial charge >= 0.3 is 0 Å². The number of hydrogen-bond acceptors (Lipinski definition) is 2. The molecule has 0 amide bonds. The molecule has 0 N–H and O–H groups in total. The fourth-order valence-corrected chi connectivity index (χ4v) is 4.41. The highest BCUT2D eigenvalue weighted by Gasteiger charge is 2.19. The molecular weight excluding hydrogens is 544 g/mol. The number of benzene rings is 2. The fraction of sp³-hybridized carbons (Fsp3) is 0.209. The van der Waals surface area contributed by atoms with Crippen LogP contribution in [0.2, 0.25) is 0 Å². The van der Waals surface area contributed by atoms with Gasteiger partial charge in [0.2, 0.25) is 0 Å². The van der Waals surface area contributed by atoms with Crippen molar-refractivity contribution in [1.29, 1.82) is 0 Å². The summed E-state index contributed by atoms with van der Waals surface area (Å²) in [6.45, 7) is 27.9. The molecule has 0 bridgehead atoms. The maximum Gasteiger partial charge on any atom is 0.0537 e. The summed E-state index contributed by atoms with van der Waals surface area (Å²) in [5.41, 5.74) is 10.9. The molecule has 0 aliphatic carbocycles. The zero-order chi connectivity index (χ0) is 33.8. The zero-order valence-electron chi connectivity index (χ0n) is 28.4. The lowest BCUT2D eigenvalue weighted by molar-refractivity contribution is 0.949. The van der Waals surface area contributed by atoms with Gasteiger partial charge in [-0.25, -0.2) is 0 Å². The van der Waals surface area contributed by atoms with E-state index in [9.17, 15) is 0 Å². The van der Waals surface area contributed by atoms with Gasteiger partial charge in [-0.05, 0) is 90.5 Å². The second kappa shape index (κ2) is 20.7. The van der Waals surface area contributed by atoms with Crippen molar-refractivity contribution in [3.8, 4) is 24.7 Å². The van der Waals surface area contributed by atoms with Crippen molar-refractivity contribution in [2.75, 3.05) is 22.9 Å². The number of rotatable bonds is 14. The van der Waals surface area contributed by atoms with E-state index >= 15 is 0 Å². The second-order valence-electron chi connectivity index (χ2n) is 10.5. The molecule has 2 aromatic carbocycles. The van der Waals surface area contributed by atoms with Gasteiger partial charge in [-0.2, -0.15) is 0 Å². The Morgan fingerprint density at radius 2 is 1.31 bits per heavy atom. The minimum Gasteiger partial charge on any atom is -0.364 e. The number of allylic oxidation sites excluding steroid dienone is 11. The van der Waals surface area contributed by atoms with Gasteiger partial charge < -0.3 is 9.80 Å². The highest BCUT2D eigenvalue weighted by molar-refractivity contribution is 5.87. The Balaban J connectivity index is 0.00000324.